The van der Waals surface area contributed by atoms with Gasteiger partial charge in [0.15, 0.2) is 0 Å². The van der Waals surface area contributed by atoms with Crippen molar-refractivity contribution in [3.8, 4) is 17.2 Å². The molecular formula is C23H29N7O. The van der Waals surface area contributed by atoms with Crippen molar-refractivity contribution in [2.75, 3.05) is 12.0 Å². The number of aliphatic imine (C=N–C) groups is 1. The maximum Gasteiger partial charge on any atom is 0.141 e. The van der Waals surface area contributed by atoms with Crippen molar-refractivity contribution in [2.24, 2.45) is 16.5 Å². The second-order valence-corrected chi connectivity index (χ2v) is 7.52. The Morgan fingerprint density at radius 2 is 2.10 bits per heavy atom. The van der Waals surface area contributed by atoms with E-state index in [0.29, 0.717) is 12.2 Å². The molecule has 0 bridgehead atoms. The molecule has 1 aliphatic heterocycles. The number of aromatic nitrogens is 1. The summed E-state index contributed by atoms with van der Waals surface area (Å²) in [4.78, 5) is 8.46. The van der Waals surface area contributed by atoms with Gasteiger partial charge in [-0.1, -0.05) is 12.1 Å². The maximum absolute atomic E-state index is 9.14. The predicted molar refractivity (Wildman–Crippen MR) is 123 cm³/mol. The molecule has 31 heavy (non-hydrogen) atoms. The number of nitrogens with two attached hydrogens (primary N) is 2. The van der Waals surface area contributed by atoms with Crippen molar-refractivity contribution in [1.29, 1.82) is 5.26 Å². The Morgan fingerprint density at radius 3 is 2.84 bits per heavy atom. The zero-order valence-electron chi connectivity index (χ0n) is 17.9. The molecule has 0 spiro atoms. The standard InChI is InChI=1S/C23H29N7O/c1-15(31-16(2)12-24)4-3-5-22(28-14-26)23-20-11-17(6-7-21(20)29-30-23)18-8-9-27-19(10-18)13-25/h5-11,14-16,23,29-30H,3-4,12,24H2,1-2H3,(H2,26,28)/b22-5-/t15-,16+,23?/m1/s1. The molecule has 2 aromatic rings. The summed E-state index contributed by atoms with van der Waals surface area (Å²) in [7, 11) is 0. The number of fused-ring (bicyclic) bond motifs is 1. The summed E-state index contributed by atoms with van der Waals surface area (Å²) in [6.07, 6.45) is 6.84. The largest absolute Gasteiger partial charge is 0.390 e. The molecule has 1 aliphatic rings. The summed E-state index contributed by atoms with van der Waals surface area (Å²) in [6.45, 7) is 4.53. The number of nitrogens with one attached hydrogen (secondary N) is 2. The summed E-state index contributed by atoms with van der Waals surface area (Å²) >= 11 is 0. The fraction of sp³-hybridized carbons (Fsp3) is 0.348. The Balaban J connectivity index is 1.80. The van der Waals surface area contributed by atoms with E-state index in [1.54, 1.807) is 12.3 Å². The van der Waals surface area contributed by atoms with Crippen LogP contribution >= 0.6 is 0 Å². The molecule has 0 fully saturated rings. The van der Waals surface area contributed by atoms with E-state index in [2.05, 4.69) is 39.0 Å². The average Bonchev–Trinajstić information content (AvgIpc) is 3.21. The van der Waals surface area contributed by atoms with Crippen LogP contribution in [0.2, 0.25) is 0 Å². The number of rotatable bonds is 9. The van der Waals surface area contributed by atoms with Gasteiger partial charge >= 0.3 is 0 Å². The molecule has 0 saturated heterocycles. The number of ether oxygens (including phenoxy) is 1. The number of hydrogen-bond acceptors (Lipinski definition) is 7. The number of benzene rings is 1. The Bertz CT molecular complexity index is 996. The van der Waals surface area contributed by atoms with Gasteiger partial charge in [0.25, 0.3) is 0 Å². The van der Waals surface area contributed by atoms with Crippen LogP contribution in [0.25, 0.3) is 11.1 Å². The predicted octanol–water partition coefficient (Wildman–Crippen LogP) is 2.99. The number of nitriles is 1. The lowest BCUT2D eigenvalue weighted by Crippen LogP contribution is -2.24. The topological polar surface area (TPSA) is 134 Å². The molecule has 0 radical (unpaired) electrons. The molecule has 2 heterocycles. The zero-order chi connectivity index (χ0) is 22.2. The van der Waals surface area contributed by atoms with Crippen LogP contribution in [0.15, 0.2) is 53.3 Å². The molecule has 8 nitrogen and oxygen atoms in total. The van der Waals surface area contributed by atoms with Gasteiger partial charge in [-0.05, 0) is 62.1 Å². The van der Waals surface area contributed by atoms with E-state index in [9.17, 15) is 0 Å². The Morgan fingerprint density at radius 1 is 1.29 bits per heavy atom. The van der Waals surface area contributed by atoms with Crippen molar-refractivity contribution in [1.82, 2.24) is 10.4 Å². The summed E-state index contributed by atoms with van der Waals surface area (Å²) in [5, 5.41) is 9.14. The molecule has 1 unspecified atom stereocenters. The lowest BCUT2D eigenvalue weighted by molar-refractivity contribution is 0.00976. The summed E-state index contributed by atoms with van der Waals surface area (Å²) in [5.41, 5.74) is 23.0. The SMILES string of the molecule is C[C@H](CC/C=C(\N=C/N)C1NNc2ccc(-c3ccnc(C#N)c3)cc21)O[C@@H](C)CN. The highest BCUT2D eigenvalue weighted by Crippen LogP contribution is 2.36. The van der Waals surface area contributed by atoms with Gasteiger partial charge in [0.1, 0.15) is 11.8 Å². The smallest absolute Gasteiger partial charge is 0.141 e. The van der Waals surface area contributed by atoms with E-state index in [4.69, 9.17) is 21.5 Å². The molecule has 3 atom stereocenters. The van der Waals surface area contributed by atoms with Gasteiger partial charge in [-0.25, -0.2) is 15.4 Å². The van der Waals surface area contributed by atoms with Crippen molar-refractivity contribution in [3.05, 3.63) is 59.6 Å². The van der Waals surface area contributed by atoms with Crippen LogP contribution in [-0.2, 0) is 4.74 Å². The summed E-state index contributed by atoms with van der Waals surface area (Å²) in [5.74, 6) is 0. The quantitative estimate of drug-likeness (QED) is 0.362. The maximum atomic E-state index is 9.14. The van der Waals surface area contributed by atoms with Crippen LogP contribution in [0.4, 0.5) is 5.69 Å². The third-order valence-electron chi connectivity index (χ3n) is 5.16. The first-order valence-electron chi connectivity index (χ1n) is 10.4. The minimum atomic E-state index is -0.147. The highest BCUT2D eigenvalue weighted by atomic mass is 16.5. The lowest BCUT2D eigenvalue weighted by atomic mass is 9.97. The number of anilines is 1. The van der Waals surface area contributed by atoms with E-state index < -0.39 is 0 Å². The normalized spacial score (nSPS) is 17.7. The monoisotopic (exact) mass is 419 g/mol. The van der Waals surface area contributed by atoms with Crippen molar-refractivity contribution in [3.63, 3.8) is 0 Å². The van der Waals surface area contributed by atoms with Gasteiger partial charge < -0.3 is 21.6 Å². The summed E-state index contributed by atoms with van der Waals surface area (Å²) < 4.78 is 5.83. The average molecular weight is 420 g/mol. The first-order valence-corrected chi connectivity index (χ1v) is 10.4. The van der Waals surface area contributed by atoms with Gasteiger partial charge in [-0.3, -0.25) is 0 Å². The summed E-state index contributed by atoms with van der Waals surface area (Å²) in [6, 6.07) is 11.7. The fourth-order valence-electron chi connectivity index (χ4n) is 3.54. The molecule has 1 aromatic heterocycles. The van der Waals surface area contributed by atoms with Crippen molar-refractivity contribution in [2.45, 2.75) is 44.9 Å². The minimum absolute atomic E-state index is 0.0428. The zero-order valence-corrected chi connectivity index (χ0v) is 17.9. The Labute approximate surface area is 183 Å². The molecular weight excluding hydrogens is 390 g/mol. The number of nitrogens with zero attached hydrogens (tertiary/aromatic N) is 3. The van der Waals surface area contributed by atoms with Crippen molar-refractivity contribution < 1.29 is 4.74 Å². The Kier molecular flexibility index (Phi) is 7.73. The molecule has 6 N–H and O–H groups in total. The van der Waals surface area contributed by atoms with Crippen LogP contribution in [-0.4, -0.2) is 30.1 Å². The lowest BCUT2D eigenvalue weighted by Gasteiger charge is -2.17. The Hall–Kier alpha value is -3.25. The molecule has 8 heteroatoms. The molecule has 3 rings (SSSR count). The molecule has 162 valence electrons. The second-order valence-electron chi connectivity index (χ2n) is 7.52. The molecule has 0 aliphatic carbocycles. The molecule has 0 amide bonds. The fourth-order valence-corrected chi connectivity index (χ4v) is 3.54. The number of hydrogen-bond donors (Lipinski definition) is 4. The van der Waals surface area contributed by atoms with Gasteiger partial charge in [0.2, 0.25) is 0 Å². The first kappa shape index (κ1) is 22.4. The van der Waals surface area contributed by atoms with Crippen molar-refractivity contribution >= 4 is 12.0 Å². The highest BCUT2D eigenvalue weighted by Gasteiger charge is 2.25. The highest BCUT2D eigenvalue weighted by molar-refractivity contribution is 5.71. The third kappa shape index (κ3) is 5.67. The number of pyridine rings is 1. The van der Waals surface area contributed by atoms with Gasteiger partial charge in [-0.2, -0.15) is 5.26 Å². The first-order chi connectivity index (χ1) is 15.0. The number of allylic oxidation sites excluding steroid dienone is 1. The van der Waals surface area contributed by atoms with Gasteiger partial charge in [-0.15, -0.1) is 0 Å². The van der Waals surface area contributed by atoms with E-state index in [1.165, 1.54) is 6.34 Å². The van der Waals surface area contributed by atoms with Crippen LogP contribution in [0.5, 0.6) is 0 Å². The van der Waals surface area contributed by atoms with E-state index in [0.717, 1.165) is 40.9 Å². The third-order valence-corrected chi connectivity index (χ3v) is 5.16. The minimum Gasteiger partial charge on any atom is -0.390 e. The number of hydrazine groups is 1. The van der Waals surface area contributed by atoms with E-state index >= 15 is 0 Å². The second kappa shape index (κ2) is 10.7. The molecule has 0 saturated carbocycles. The van der Waals surface area contributed by atoms with E-state index in [1.807, 2.05) is 32.0 Å². The van der Waals surface area contributed by atoms with Crippen LogP contribution in [0.3, 0.4) is 0 Å². The molecule has 1 aromatic carbocycles. The van der Waals surface area contributed by atoms with Crippen LogP contribution in [0, 0.1) is 11.3 Å². The van der Waals surface area contributed by atoms with E-state index in [-0.39, 0.29) is 18.2 Å². The van der Waals surface area contributed by atoms with Crippen LogP contribution < -0.4 is 22.3 Å². The van der Waals surface area contributed by atoms with Crippen LogP contribution in [0.1, 0.15) is 44.0 Å². The van der Waals surface area contributed by atoms with Gasteiger partial charge in [0.05, 0.1) is 36.0 Å². The van der Waals surface area contributed by atoms with Gasteiger partial charge in [0, 0.05) is 18.3 Å².